The van der Waals surface area contributed by atoms with Crippen LogP contribution in [0, 0.1) is 0 Å². The average Bonchev–Trinajstić information content (AvgIpc) is 2.43. The summed E-state index contributed by atoms with van der Waals surface area (Å²) < 4.78 is 236. The third-order valence-electron chi connectivity index (χ3n) is 3.20. The van der Waals surface area contributed by atoms with Gasteiger partial charge in [0, 0.05) is 6.92 Å². The third-order valence-corrected chi connectivity index (χ3v) is 4.09. The van der Waals surface area contributed by atoms with Crippen molar-refractivity contribution in [1.82, 2.24) is 0 Å². The molecule has 0 heterocycles. The Kier molecular flexibility index (Phi) is 8.72. The first kappa shape index (κ1) is 32.6. The maximum absolute atomic E-state index is 13.1. The van der Waals surface area contributed by atoms with Crippen molar-refractivity contribution in [2.75, 3.05) is 0 Å². The summed E-state index contributed by atoms with van der Waals surface area (Å²) in [6.45, 7) is -1.31. The first-order valence-corrected chi connectivity index (χ1v) is 7.39. The molecule has 0 saturated carbocycles. The minimum absolute atomic E-state index is 0. The standard InChI is InChI=1S/C9H4F16O3S.K/c1-2(10,11)3(12,13)4(14,15)5(16,17)6(18,19)7(20,21)8(22,23)9(24,25)29(26,27)28;/h1H3,(H,26,27,28);/q;+1/p-1. The number of hydrogen-bond donors (Lipinski definition) is 0. The van der Waals surface area contributed by atoms with Crippen LogP contribution in [0.3, 0.4) is 0 Å². The van der Waals surface area contributed by atoms with E-state index in [-0.39, 0.29) is 51.4 Å². The average molecular weight is 534 g/mol. The summed E-state index contributed by atoms with van der Waals surface area (Å²) >= 11 is 0. The molecule has 0 aromatic carbocycles. The molecule has 0 spiro atoms. The molecule has 21 heteroatoms. The molecule has 0 saturated heterocycles. The first-order chi connectivity index (χ1) is 12.0. The molecule has 0 fully saturated rings. The largest absolute Gasteiger partial charge is 1.00 e. The molecule has 0 N–H and O–H groups in total. The zero-order chi connectivity index (χ0) is 24.5. The Bertz CT molecular complexity index is 740. The van der Waals surface area contributed by atoms with Crippen LogP contribution >= 0.6 is 0 Å². The second-order valence-electron chi connectivity index (χ2n) is 5.31. The summed E-state index contributed by atoms with van der Waals surface area (Å²) in [5.74, 6) is -56.9. The van der Waals surface area contributed by atoms with E-state index in [9.17, 15) is 83.2 Å². The van der Waals surface area contributed by atoms with Gasteiger partial charge in [-0.25, -0.2) is 8.42 Å². The van der Waals surface area contributed by atoms with E-state index in [0.29, 0.717) is 0 Å². The van der Waals surface area contributed by atoms with E-state index in [2.05, 4.69) is 0 Å². The second-order valence-corrected chi connectivity index (χ2v) is 6.73. The van der Waals surface area contributed by atoms with E-state index in [1.807, 2.05) is 0 Å². The summed E-state index contributed by atoms with van der Waals surface area (Å²) in [5, 5.41) is -7.88. The van der Waals surface area contributed by atoms with Crippen molar-refractivity contribution in [3.05, 3.63) is 0 Å². The maximum Gasteiger partial charge on any atom is 1.00 e. The van der Waals surface area contributed by atoms with Crippen LogP contribution in [0.25, 0.3) is 0 Å². The normalized spacial score (nSPS) is 16.3. The van der Waals surface area contributed by atoms with Crippen LogP contribution in [0.2, 0.25) is 0 Å². The summed E-state index contributed by atoms with van der Waals surface area (Å²) in [4.78, 5) is 0. The predicted octanol–water partition coefficient (Wildman–Crippen LogP) is 1.60. The number of rotatable bonds is 8. The van der Waals surface area contributed by atoms with E-state index >= 15 is 0 Å². The van der Waals surface area contributed by atoms with Gasteiger partial charge in [0.2, 0.25) is 0 Å². The molecule has 0 bridgehead atoms. The Morgan fingerprint density at radius 2 is 0.700 bits per heavy atom. The summed E-state index contributed by atoms with van der Waals surface area (Å²) in [7, 11) is -8.08. The fraction of sp³-hybridized carbons (Fsp3) is 1.00. The molecule has 0 amide bonds. The van der Waals surface area contributed by atoms with Crippen molar-refractivity contribution in [3.8, 4) is 0 Å². The van der Waals surface area contributed by atoms with Gasteiger partial charge in [0.25, 0.3) is 0 Å². The molecule has 0 aromatic heterocycles. The van der Waals surface area contributed by atoms with E-state index in [1.165, 1.54) is 0 Å². The van der Waals surface area contributed by atoms with Crippen molar-refractivity contribution in [3.63, 3.8) is 0 Å². The maximum atomic E-state index is 13.1. The molecule has 0 rings (SSSR count). The van der Waals surface area contributed by atoms with Crippen LogP contribution in [0.5, 0.6) is 0 Å². The van der Waals surface area contributed by atoms with Crippen molar-refractivity contribution in [2.24, 2.45) is 0 Å². The van der Waals surface area contributed by atoms with Crippen LogP contribution in [0.1, 0.15) is 6.92 Å². The molecule has 176 valence electrons. The van der Waals surface area contributed by atoms with Gasteiger partial charge in [-0.05, 0) is 0 Å². The van der Waals surface area contributed by atoms with Gasteiger partial charge in [-0.3, -0.25) is 0 Å². The summed E-state index contributed by atoms with van der Waals surface area (Å²) in [6, 6.07) is 0. The Labute approximate surface area is 197 Å². The van der Waals surface area contributed by atoms with Crippen molar-refractivity contribution in [2.45, 2.75) is 53.6 Å². The van der Waals surface area contributed by atoms with Crippen molar-refractivity contribution >= 4 is 10.1 Å². The van der Waals surface area contributed by atoms with Crippen LogP contribution in [-0.4, -0.2) is 59.7 Å². The van der Waals surface area contributed by atoms with Gasteiger partial charge < -0.3 is 4.55 Å². The molecule has 0 atom stereocenters. The topological polar surface area (TPSA) is 57.2 Å². The van der Waals surface area contributed by atoms with Gasteiger partial charge in [-0.2, -0.15) is 70.2 Å². The van der Waals surface area contributed by atoms with E-state index < -0.39 is 63.8 Å². The van der Waals surface area contributed by atoms with Gasteiger partial charge in [0.15, 0.2) is 10.1 Å². The Balaban J connectivity index is 0. The zero-order valence-corrected chi connectivity index (χ0v) is 17.6. The number of hydrogen-bond acceptors (Lipinski definition) is 3. The molecule has 0 unspecified atom stereocenters. The summed E-state index contributed by atoms with van der Waals surface area (Å²) in [6.07, 6.45) is 0. The van der Waals surface area contributed by atoms with Crippen LogP contribution in [0.15, 0.2) is 0 Å². The van der Waals surface area contributed by atoms with Gasteiger partial charge >= 0.3 is 98.1 Å². The van der Waals surface area contributed by atoms with Gasteiger partial charge in [0.1, 0.15) is 0 Å². The monoisotopic (exact) mass is 534 g/mol. The number of halogens is 16. The minimum Gasteiger partial charge on any atom is -0.743 e. The van der Waals surface area contributed by atoms with Gasteiger partial charge in [-0.15, -0.1) is 0 Å². The van der Waals surface area contributed by atoms with E-state index in [0.717, 1.165) is 0 Å². The SMILES string of the molecule is CC(F)(F)C(F)(F)C(F)(F)C(F)(F)C(F)(F)C(F)(F)C(F)(F)C(F)(F)S(=O)(=O)[O-].[K+]. The molecular weight excluding hydrogens is 531 g/mol. The third kappa shape index (κ3) is 4.08. The fourth-order valence-corrected chi connectivity index (χ4v) is 1.85. The minimum atomic E-state index is -8.75. The quantitative estimate of drug-likeness (QED) is 0.270. The fourth-order valence-electron chi connectivity index (χ4n) is 1.40. The van der Waals surface area contributed by atoms with E-state index in [4.69, 9.17) is 0 Å². The van der Waals surface area contributed by atoms with Crippen molar-refractivity contribution in [1.29, 1.82) is 0 Å². The Morgan fingerprint density at radius 3 is 0.900 bits per heavy atom. The zero-order valence-electron chi connectivity index (χ0n) is 13.7. The van der Waals surface area contributed by atoms with Crippen LogP contribution in [0.4, 0.5) is 70.2 Å². The Morgan fingerprint density at radius 1 is 0.500 bits per heavy atom. The molecule has 30 heavy (non-hydrogen) atoms. The van der Waals surface area contributed by atoms with Crippen molar-refractivity contribution < 1.29 is 135 Å². The van der Waals surface area contributed by atoms with Crippen LogP contribution < -0.4 is 51.4 Å². The second kappa shape index (κ2) is 8.03. The molecule has 0 aliphatic rings. The summed E-state index contributed by atoms with van der Waals surface area (Å²) in [5.41, 5.74) is 0. The van der Waals surface area contributed by atoms with Crippen LogP contribution in [-0.2, 0) is 10.1 Å². The van der Waals surface area contributed by atoms with Gasteiger partial charge in [-0.1, -0.05) is 0 Å². The molecular formula is C9H3F16KO3S. The predicted molar refractivity (Wildman–Crippen MR) is 54.9 cm³/mol. The molecule has 0 aliphatic carbocycles. The van der Waals surface area contributed by atoms with Gasteiger partial charge in [0.05, 0.1) is 0 Å². The molecule has 0 aliphatic heterocycles. The molecule has 3 nitrogen and oxygen atoms in total. The number of alkyl halides is 16. The first-order valence-electron chi connectivity index (χ1n) is 5.98. The van der Waals surface area contributed by atoms with E-state index in [1.54, 1.807) is 0 Å². The smallest absolute Gasteiger partial charge is 0.743 e. The molecule has 0 aromatic rings. The Hall–Kier alpha value is 0.426. The molecule has 0 radical (unpaired) electrons.